The molecule has 1 amide bonds. The lowest BCUT2D eigenvalue weighted by Crippen LogP contribution is -2.13. The Morgan fingerprint density at radius 2 is 1.86 bits per heavy atom. The molecule has 5 nitrogen and oxygen atoms in total. The maximum Gasteiger partial charge on any atom is 0.274 e. The van der Waals surface area contributed by atoms with E-state index in [9.17, 15) is 4.79 Å². The average Bonchev–Trinajstić information content (AvgIpc) is 2.89. The zero-order valence-electron chi connectivity index (χ0n) is 11.5. The lowest BCUT2D eigenvalue weighted by atomic mass is 10.1. The van der Waals surface area contributed by atoms with Crippen LogP contribution >= 0.6 is 0 Å². The smallest absolute Gasteiger partial charge is 0.274 e. The number of pyridine rings is 1. The molecule has 0 saturated heterocycles. The van der Waals surface area contributed by atoms with Crippen molar-refractivity contribution in [3.63, 3.8) is 0 Å². The van der Waals surface area contributed by atoms with Crippen LogP contribution in [0.4, 0.5) is 5.69 Å². The number of carbonyl (C=O) groups is 1. The molecule has 1 aromatic carbocycles. The maximum atomic E-state index is 12.2. The fraction of sp³-hybridized carbons (Fsp3) is 0.0625. The summed E-state index contributed by atoms with van der Waals surface area (Å²) in [6.45, 7) is 0. The molecule has 0 bridgehead atoms. The van der Waals surface area contributed by atoms with E-state index in [-0.39, 0.29) is 5.91 Å². The van der Waals surface area contributed by atoms with E-state index in [0.717, 1.165) is 11.3 Å². The van der Waals surface area contributed by atoms with Crippen molar-refractivity contribution in [2.45, 2.75) is 0 Å². The Morgan fingerprint density at radius 3 is 2.57 bits per heavy atom. The van der Waals surface area contributed by atoms with Crippen molar-refractivity contribution in [2.24, 2.45) is 7.05 Å². The van der Waals surface area contributed by atoms with Gasteiger partial charge in [-0.1, -0.05) is 36.4 Å². The van der Waals surface area contributed by atoms with Gasteiger partial charge in [0.1, 0.15) is 5.69 Å². The standard InChI is InChI=1S/C16H14N4O/c1-20-15(12-7-3-2-4-8-12)14(11-18-20)19-16(21)13-9-5-6-10-17-13/h2-11H,1H3,(H,19,21). The fourth-order valence-corrected chi connectivity index (χ4v) is 2.15. The number of aromatic nitrogens is 3. The first-order chi connectivity index (χ1) is 10.3. The third-order valence-corrected chi connectivity index (χ3v) is 3.13. The third-order valence-electron chi connectivity index (χ3n) is 3.13. The van der Waals surface area contributed by atoms with Crippen molar-refractivity contribution in [3.8, 4) is 11.3 Å². The van der Waals surface area contributed by atoms with Crippen LogP contribution in [0.5, 0.6) is 0 Å². The van der Waals surface area contributed by atoms with Gasteiger partial charge >= 0.3 is 0 Å². The highest BCUT2D eigenvalue weighted by Crippen LogP contribution is 2.27. The topological polar surface area (TPSA) is 59.8 Å². The second-order valence-corrected chi connectivity index (χ2v) is 4.57. The molecule has 104 valence electrons. The Labute approximate surface area is 122 Å². The van der Waals surface area contributed by atoms with Crippen LogP contribution < -0.4 is 5.32 Å². The highest BCUT2D eigenvalue weighted by molar-refractivity contribution is 6.04. The number of amides is 1. The van der Waals surface area contributed by atoms with Gasteiger partial charge in [0.05, 0.1) is 17.6 Å². The number of rotatable bonds is 3. The van der Waals surface area contributed by atoms with Crippen molar-refractivity contribution in [1.29, 1.82) is 0 Å². The molecular weight excluding hydrogens is 264 g/mol. The molecule has 2 heterocycles. The van der Waals surface area contributed by atoms with Gasteiger partial charge in [-0.05, 0) is 12.1 Å². The van der Waals surface area contributed by atoms with Crippen molar-refractivity contribution < 1.29 is 4.79 Å². The lowest BCUT2D eigenvalue weighted by Gasteiger charge is -2.07. The summed E-state index contributed by atoms with van der Waals surface area (Å²) in [5.41, 5.74) is 2.90. The molecule has 0 fully saturated rings. The molecule has 0 aliphatic rings. The minimum atomic E-state index is -0.249. The Kier molecular flexibility index (Phi) is 3.47. The quantitative estimate of drug-likeness (QED) is 0.801. The van der Waals surface area contributed by atoms with E-state index in [2.05, 4.69) is 15.4 Å². The van der Waals surface area contributed by atoms with Crippen LogP contribution in [-0.2, 0) is 7.05 Å². The van der Waals surface area contributed by atoms with E-state index in [1.54, 1.807) is 35.3 Å². The van der Waals surface area contributed by atoms with Gasteiger partial charge in [0.2, 0.25) is 0 Å². The van der Waals surface area contributed by atoms with Crippen LogP contribution in [-0.4, -0.2) is 20.7 Å². The number of benzene rings is 1. The third kappa shape index (κ3) is 2.67. The summed E-state index contributed by atoms with van der Waals surface area (Å²) < 4.78 is 1.74. The highest BCUT2D eigenvalue weighted by Gasteiger charge is 2.14. The van der Waals surface area contributed by atoms with Crippen LogP contribution in [0.25, 0.3) is 11.3 Å². The molecule has 3 aromatic rings. The highest BCUT2D eigenvalue weighted by atomic mass is 16.1. The van der Waals surface area contributed by atoms with Crippen molar-refractivity contribution in [1.82, 2.24) is 14.8 Å². The molecule has 0 saturated carbocycles. The monoisotopic (exact) mass is 278 g/mol. The van der Waals surface area contributed by atoms with Gasteiger partial charge < -0.3 is 5.32 Å². The van der Waals surface area contributed by atoms with Crippen molar-refractivity contribution >= 4 is 11.6 Å². The van der Waals surface area contributed by atoms with Gasteiger partial charge in [-0.15, -0.1) is 0 Å². The van der Waals surface area contributed by atoms with Gasteiger partial charge in [-0.25, -0.2) is 0 Å². The number of anilines is 1. The average molecular weight is 278 g/mol. The second-order valence-electron chi connectivity index (χ2n) is 4.57. The second kappa shape index (κ2) is 5.58. The number of carbonyl (C=O) groups excluding carboxylic acids is 1. The SMILES string of the molecule is Cn1ncc(NC(=O)c2ccccn2)c1-c1ccccc1. The first kappa shape index (κ1) is 13.1. The Bertz CT molecular complexity index is 750. The van der Waals surface area contributed by atoms with Crippen LogP contribution in [0.3, 0.4) is 0 Å². The summed E-state index contributed by atoms with van der Waals surface area (Å²) in [6, 6.07) is 15.0. The molecule has 21 heavy (non-hydrogen) atoms. The first-order valence-electron chi connectivity index (χ1n) is 6.55. The molecule has 3 rings (SSSR count). The van der Waals surface area contributed by atoms with Gasteiger partial charge in [0.15, 0.2) is 0 Å². The Hall–Kier alpha value is -2.95. The van der Waals surface area contributed by atoms with E-state index in [4.69, 9.17) is 0 Å². The van der Waals surface area contributed by atoms with E-state index in [1.165, 1.54) is 0 Å². The number of hydrogen-bond donors (Lipinski definition) is 1. The molecular formula is C16H14N4O. The number of nitrogens with zero attached hydrogens (tertiary/aromatic N) is 3. The molecule has 2 aromatic heterocycles. The largest absolute Gasteiger partial charge is 0.317 e. The normalized spacial score (nSPS) is 10.3. The summed E-state index contributed by atoms with van der Waals surface area (Å²) in [7, 11) is 1.85. The summed E-state index contributed by atoms with van der Waals surface area (Å²) in [6.07, 6.45) is 3.24. The lowest BCUT2D eigenvalue weighted by molar-refractivity contribution is 0.102. The molecule has 0 unspecified atom stereocenters. The number of hydrogen-bond acceptors (Lipinski definition) is 3. The summed E-state index contributed by atoms with van der Waals surface area (Å²) >= 11 is 0. The first-order valence-corrected chi connectivity index (χ1v) is 6.55. The van der Waals surface area contributed by atoms with Crippen LogP contribution in [0.1, 0.15) is 10.5 Å². The maximum absolute atomic E-state index is 12.2. The van der Waals surface area contributed by atoms with Gasteiger partial charge in [-0.2, -0.15) is 5.10 Å². The van der Waals surface area contributed by atoms with Gasteiger partial charge in [-0.3, -0.25) is 14.5 Å². The van der Waals surface area contributed by atoms with E-state index in [1.807, 2.05) is 37.4 Å². The minimum absolute atomic E-state index is 0.249. The summed E-state index contributed by atoms with van der Waals surface area (Å²) in [5.74, 6) is -0.249. The predicted octanol–water partition coefficient (Wildman–Crippen LogP) is 2.73. The minimum Gasteiger partial charge on any atom is -0.317 e. The van der Waals surface area contributed by atoms with E-state index < -0.39 is 0 Å². The molecule has 0 aliphatic heterocycles. The molecule has 0 atom stereocenters. The fourth-order valence-electron chi connectivity index (χ4n) is 2.15. The Balaban J connectivity index is 1.93. The zero-order chi connectivity index (χ0) is 14.7. The van der Waals surface area contributed by atoms with Crippen molar-refractivity contribution in [3.05, 3.63) is 66.6 Å². The zero-order valence-corrected chi connectivity index (χ0v) is 11.5. The van der Waals surface area contributed by atoms with Crippen molar-refractivity contribution in [2.75, 3.05) is 5.32 Å². The van der Waals surface area contributed by atoms with Crippen LogP contribution in [0.2, 0.25) is 0 Å². The number of aryl methyl sites for hydroxylation is 1. The summed E-state index contributed by atoms with van der Waals surface area (Å²) in [4.78, 5) is 16.2. The van der Waals surface area contributed by atoms with E-state index >= 15 is 0 Å². The Morgan fingerprint density at radius 1 is 1.10 bits per heavy atom. The molecule has 0 radical (unpaired) electrons. The summed E-state index contributed by atoms with van der Waals surface area (Å²) in [5, 5.41) is 7.08. The molecule has 5 heteroatoms. The van der Waals surface area contributed by atoms with Crippen LogP contribution in [0, 0.1) is 0 Å². The van der Waals surface area contributed by atoms with E-state index in [0.29, 0.717) is 11.4 Å². The van der Waals surface area contributed by atoms with Crippen LogP contribution in [0.15, 0.2) is 60.9 Å². The molecule has 1 N–H and O–H groups in total. The molecule has 0 spiro atoms. The number of nitrogens with one attached hydrogen (secondary N) is 1. The predicted molar refractivity (Wildman–Crippen MR) is 80.8 cm³/mol. The molecule has 0 aliphatic carbocycles. The van der Waals surface area contributed by atoms with Gasteiger partial charge in [0.25, 0.3) is 5.91 Å². The van der Waals surface area contributed by atoms with Gasteiger partial charge in [0, 0.05) is 18.8 Å².